The second kappa shape index (κ2) is 8.29. The highest BCUT2D eigenvalue weighted by Gasteiger charge is 2.04. The molecule has 1 heterocycles. The molecule has 26 heavy (non-hydrogen) atoms. The zero-order chi connectivity index (χ0) is 18.4. The van der Waals surface area contributed by atoms with E-state index in [9.17, 15) is 4.39 Å². The lowest BCUT2D eigenvalue weighted by Crippen LogP contribution is -2.08. The Bertz CT molecular complexity index is 851. The van der Waals surface area contributed by atoms with Crippen molar-refractivity contribution in [1.29, 1.82) is 0 Å². The number of aromatic nitrogens is 2. The molecule has 0 aliphatic heterocycles. The SMILES string of the molecule is COc1ccc(Nc2nc(C)cc(NCCc3ccc(F)cc3)n2)cc1. The van der Waals surface area contributed by atoms with Crippen molar-refractivity contribution in [2.24, 2.45) is 0 Å². The minimum atomic E-state index is -0.220. The molecule has 3 rings (SSSR count). The van der Waals surface area contributed by atoms with Gasteiger partial charge in [-0.3, -0.25) is 0 Å². The van der Waals surface area contributed by atoms with Gasteiger partial charge in [0, 0.05) is 24.0 Å². The molecular weight excluding hydrogens is 331 g/mol. The zero-order valence-corrected chi connectivity index (χ0v) is 14.8. The van der Waals surface area contributed by atoms with Crippen molar-refractivity contribution in [2.75, 3.05) is 24.3 Å². The van der Waals surface area contributed by atoms with Gasteiger partial charge in [-0.05, 0) is 55.3 Å². The third kappa shape index (κ3) is 4.92. The molecule has 3 aromatic rings. The summed E-state index contributed by atoms with van der Waals surface area (Å²) >= 11 is 0. The predicted molar refractivity (Wildman–Crippen MR) is 102 cm³/mol. The lowest BCUT2D eigenvalue weighted by Gasteiger charge is -2.10. The second-order valence-electron chi connectivity index (χ2n) is 5.87. The van der Waals surface area contributed by atoms with Gasteiger partial charge in [0.25, 0.3) is 0 Å². The predicted octanol–water partition coefficient (Wildman–Crippen LogP) is 4.33. The van der Waals surface area contributed by atoms with Crippen molar-refractivity contribution in [2.45, 2.75) is 13.3 Å². The number of hydrogen-bond acceptors (Lipinski definition) is 5. The highest BCUT2D eigenvalue weighted by Crippen LogP contribution is 2.19. The van der Waals surface area contributed by atoms with Gasteiger partial charge in [0.15, 0.2) is 0 Å². The summed E-state index contributed by atoms with van der Waals surface area (Å²) in [5.74, 6) is 1.85. The summed E-state index contributed by atoms with van der Waals surface area (Å²) < 4.78 is 18.1. The molecule has 2 N–H and O–H groups in total. The Balaban J connectivity index is 1.62. The molecule has 6 heteroatoms. The molecule has 5 nitrogen and oxygen atoms in total. The van der Waals surface area contributed by atoms with E-state index in [1.807, 2.05) is 37.3 Å². The number of rotatable bonds is 7. The first-order valence-electron chi connectivity index (χ1n) is 8.37. The van der Waals surface area contributed by atoms with Crippen molar-refractivity contribution in [3.63, 3.8) is 0 Å². The van der Waals surface area contributed by atoms with Crippen molar-refractivity contribution in [1.82, 2.24) is 9.97 Å². The van der Waals surface area contributed by atoms with Crippen LogP contribution < -0.4 is 15.4 Å². The molecule has 0 fully saturated rings. The molecular formula is C20H21FN4O. The summed E-state index contributed by atoms with van der Waals surface area (Å²) in [5, 5.41) is 6.48. The normalized spacial score (nSPS) is 10.4. The van der Waals surface area contributed by atoms with Crippen LogP contribution >= 0.6 is 0 Å². The maximum atomic E-state index is 12.9. The van der Waals surface area contributed by atoms with E-state index in [0.717, 1.165) is 34.9 Å². The van der Waals surface area contributed by atoms with Crippen LogP contribution in [-0.4, -0.2) is 23.6 Å². The molecule has 0 aliphatic rings. The quantitative estimate of drug-likeness (QED) is 0.663. The fourth-order valence-electron chi connectivity index (χ4n) is 2.50. The monoisotopic (exact) mass is 352 g/mol. The van der Waals surface area contributed by atoms with E-state index in [2.05, 4.69) is 20.6 Å². The molecule has 2 aromatic carbocycles. The van der Waals surface area contributed by atoms with Gasteiger partial charge in [0.2, 0.25) is 5.95 Å². The first kappa shape index (κ1) is 17.7. The van der Waals surface area contributed by atoms with Gasteiger partial charge in [-0.2, -0.15) is 4.98 Å². The molecule has 0 bridgehead atoms. The van der Waals surface area contributed by atoms with Crippen molar-refractivity contribution >= 4 is 17.5 Å². The summed E-state index contributed by atoms with van der Waals surface area (Å²) in [6, 6.07) is 16.0. The van der Waals surface area contributed by atoms with Crippen LogP contribution in [0.3, 0.4) is 0 Å². The van der Waals surface area contributed by atoms with E-state index in [1.165, 1.54) is 12.1 Å². The Hall–Kier alpha value is -3.15. The fourth-order valence-corrected chi connectivity index (χ4v) is 2.50. The minimum Gasteiger partial charge on any atom is -0.497 e. The Morgan fingerprint density at radius 2 is 1.73 bits per heavy atom. The summed E-state index contributed by atoms with van der Waals surface area (Å²) in [6.45, 7) is 2.62. The van der Waals surface area contributed by atoms with Crippen molar-refractivity contribution in [3.05, 3.63) is 71.7 Å². The molecule has 0 saturated carbocycles. The van der Waals surface area contributed by atoms with Crippen LogP contribution in [0.25, 0.3) is 0 Å². The van der Waals surface area contributed by atoms with Gasteiger partial charge >= 0.3 is 0 Å². The average molecular weight is 352 g/mol. The highest BCUT2D eigenvalue weighted by atomic mass is 19.1. The number of aryl methyl sites for hydroxylation is 1. The second-order valence-corrected chi connectivity index (χ2v) is 5.87. The van der Waals surface area contributed by atoms with Crippen molar-refractivity contribution in [3.8, 4) is 5.75 Å². The minimum absolute atomic E-state index is 0.220. The van der Waals surface area contributed by atoms with Gasteiger partial charge in [-0.15, -0.1) is 0 Å². The van der Waals surface area contributed by atoms with E-state index in [0.29, 0.717) is 12.5 Å². The van der Waals surface area contributed by atoms with Crippen LogP contribution in [0.4, 0.5) is 21.8 Å². The Morgan fingerprint density at radius 3 is 2.42 bits per heavy atom. The van der Waals surface area contributed by atoms with Gasteiger partial charge < -0.3 is 15.4 Å². The number of nitrogens with one attached hydrogen (secondary N) is 2. The van der Waals surface area contributed by atoms with E-state index >= 15 is 0 Å². The zero-order valence-electron chi connectivity index (χ0n) is 14.8. The number of halogens is 1. The number of benzene rings is 2. The number of anilines is 3. The standard InChI is InChI=1S/C20H21FN4O/c1-14-13-19(22-12-11-15-3-5-16(21)6-4-15)25-20(23-14)24-17-7-9-18(26-2)10-8-17/h3-10,13H,11-12H2,1-2H3,(H2,22,23,24,25). The van der Waals surface area contributed by atoms with E-state index in [-0.39, 0.29) is 5.82 Å². The summed E-state index contributed by atoms with van der Waals surface area (Å²) in [7, 11) is 1.63. The molecule has 1 aromatic heterocycles. The van der Waals surface area contributed by atoms with Crippen LogP contribution in [0.15, 0.2) is 54.6 Å². The maximum absolute atomic E-state index is 12.9. The molecule has 134 valence electrons. The fraction of sp³-hybridized carbons (Fsp3) is 0.200. The van der Waals surface area contributed by atoms with E-state index < -0.39 is 0 Å². The molecule has 0 amide bonds. The Morgan fingerprint density at radius 1 is 1.00 bits per heavy atom. The van der Waals surface area contributed by atoms with Crippen molar-refractivity contribution < 1.29 is 9.13 Å². The summed E-state index contributed by atoms with van der Waals surface area (Å²) in [6.07, 6.45) is 0.782. The van der Waals surface area contributed by atoms with Gasteiger partial charge in [-0.25, -0.2) is 9.37 Å². The first-order valence-corrected chi connectivity index (χ1v) is 8.37. The number of methoxy groups -OCH3 is 1. The van der Waals surface area contributed by atoms with Gasteiger partial charge in [-0.1, -0.05) is 12.1 Å². The highest BCUT2D eigenvalue weighted by molar-refractivity contribution is 5.56. The van der Waals surface area contributed by atoms with E-state index in [4.69, 9.17) is 4.74 Å². The molecule has 0 radical (unpaired) electrons. The van der Waals surface area contributed by atoms with Crippen LogP contribution in [-0.2, 0) is 6.42 Å². The Labute approximate surface area is 152 Å². The van der Waals surface area contributed by atoms with E-state index in [1.54, 1.807) is 19.2 Å². The molecule has 0 unspecified atom stereocenters. The smallest absolute Gasteiger partial charge is 0.229 e. The number of ether oxygens (including phenoxy) is 1. The van der Waals surface area contributed by atoms with Crippen LogP contribution in [0, 0.1) is 12.7 Å². The first-order chi connectivity index (χ1) is 12.6. The third-order valence-corrected chi connectivity index (χ3v) is 3.83. The van der Waals surface area contributed by atoms with Crippen LogP contribution in [0.1, 0.15) is 11.3 Å². The maximum Gasteiger partial charge on any atom is 0.229 e. The lowest BCUT2D eigenvalue weighted by molar-refractivity contribution is 0.415. The van der Waals surface area contributed by atoms with Gasteiger partial charge in [0.1, 0.15) is 17.4 Å². The molecule has 0 spiro atoms. The molecule has 0 aliphatic carbocycles. The third-order valence-electron chi connectivity index (χ3n) is 3.83. The molecule has 0 saturated heterocycles. The van der Waals surface area contributed by atoms with Crippen LogP contribution in [0.2, 0.25) is 0 Å². The Kier molecular flexibility index (Phi) is 5.63. The summed E-state index contributed by atoms with van der Waals surface area (Å²) in [5.41, 5.74) is 2.82. The number of hydrogen-bond donors (Lipinski definition) is 2. The number of nitrogens with zero attached hydrogens (tertiary/aromatic N) is 2. The average Bonchev–Trinajstić information content (AvgIpc) is 2.64. The molecule has 0 atom stereocenters. The van der Waals surface area contributed by atoms with Crippen LogP contribution in [0.5, 0.6) is 5.75 Å². The topological polar surface area (TPSA) is 59.1 Å². The van der Waals surface area contributed by atoms with Gasteiger partial charge in [0.05, 0.1) is 7.11 Å². The lowest BCUT2D eigenvalue weighted by atomic mass is 10.1. The largest absolute Gasteiger partial charge is 0.497 e. The summed E-state index contributed by atoms with van der Waals surface area (Å²) in [4.78, 5) is 8.90.